The molecule has 9 nitrogen and oxygen atoms in total. The fraction of sp³-hybridized carbons (Fsp3) is 0.375. The van der Waals surface area contributed by atoms with E-state index in [1.165, 1.54) is 37.3 Å². The molecule has 1 saturated carbocycles. The van der Waals surface area contributed by atoms with Crippen LogP contribution in [-0.2, 0) is 26.2 Å². The zero-order valence-electron chi connectivity index (χ0n) is 24.7. The third-order valence-corrected chi connectivity index (χ3v) is 9.68. The number of ether oxygens (including phenoxy) is 2. The molecule has 0 saturated heterocycles. The number of carbonyl (C=O) groups is 2. The standard InChI is InChI=1S/C32H38ClN3O6S/c1-23(32(38)34-26-10-6-4-7-11-26)35(21-24-14-16-25(33)17-15-24)31(37)22-36(43(39,40)28-12-8-5-9-13-28)29-20-27(41-2)18-19-30(29)42-3/h5,8-9,12-20,23,26H,4,6-7,10-11,21-22H2,1-3H3,(H,34,38)/t23-/m1/s1. The summed E-state index contributed by atoms with van der Waals surface area (Å²) in [4.78, 5) is 29.1. The molecule has 0 bridgehead atoms. The Morgan fingerprint density at radius 3 is 2.26 bits per heavy atom. The molecule has 0 unspecified atom stereocenters. The lowest BCUT2D eigenvalue weighted by Gasteiger charge is -2.33. The van der Waals surface area contributed by atoms with Crippen molar-refractivity contribution < 1.29 is 27.5 Å². The van der Waals surface area contributed by atoms with E-state index in [2.05, 4.69) is 5.32 Å². The van der Waals surface area contributed by atoms with Crippen molar-refractivity contribution in [3.8, 4) is 11.5 Å². The molecular weight excluding hydrogens is 590 g/mol. The van der Waals surface area contributed by atoms with E-state index in [0.29, 0.717) is 10.8 Å². The third-order valence-electron chi connectivity index (χ3n) is 7.65. The number of anilines is 1. The highest BCUT2D eigenvalue weighted by Crippen LogP contribution is 2.36. The molecule has 43 heavy (non-hydrogen) atoms. The predicted molar refractivity (Wildman–Crippen MR) is 167 cm³/mol. The number of nitrogens with zero attached hydrogens (tertiary/aromatic N) is 2. The molecule has 1 atom stereocenters. The highest BCUT2D eigenvalue weighted by molar-refractivity contribution is 7.92. The fourth-order valence-electron chi connectivity index (χ4n) is 5.16. The van der Waals surface area contributed by atoms with Gasteiger partial charge in [-0.15, -0.1) is 0 Å². The number of hydrogen-bond acceptors (Lipinski definition) is 6. The largest absolute Gasteiger partial charge is 0.497 e. The molecule has 1 aliphatic carbocycles. The minimum atomic E-state index is -4.26. The predicted octanol–water partition coefficient (Wildman–Crippen LogP) is 5.42. The van der Waals surface area contributed by atoms with E-state index < -0.39 is 28.5 Å². The molecule has 0 heterocycles. The maximum Gasteiger partial charge on any atom is 0.264 e. The van der Waals surface area contributed by atoms with Crippen molar-refractivity contribution in [1.82, 2.24) is 10.2 Å². The quantitative estimate of drug-likeness (QED) is 0.288. The van der Waals surface area contributed by atoms with E-state index in [1.807, 2.05) is 0 Å². The minimum Gasteiger partial charge on any atom is -0.497 e. The SMILES string of the molecule is COc1ccc(OC)c(N(CC(=O)N(Cc2ccc(Cl)cc2)[C@H](C)C(=O)NC2CCCCC2)S(=O)(=O)c2ccccc2)c1. The van der Waals surface area contributed by atoms with Gasteiger partial charge in [0.25, 0.3) is 10.0 Å². The molecule has 1 fully saturated rings. The summed E-state index contributed by atoms with van der Waals surface area (Å²) >= 11 is 6.09. The van der Waals surface area contributed by atoms with Gasteiger partial charge in [0.2, 0.25) is 11.8 Å². The lowest BCUT2D eigenvalue weighted by Crippen LogP contribution is -2.53. The van der Waals surface area contributed by atoms with Gasteiger partial charge < -0.3 is 19.7 Å². The third kappa shape index (κ3) is 8.00. The number of nitrogens with one attached hydrogen (secondary N) is 1. The van der Waals surface area contributed by atoms with Gasteiger partial charge in [0, 0.05) is 23.7 Å². The zero-order chi connectivity index (χ0) is 31.0. The van der Waals surface area contributed by atoms with Crippen LogP contribution < -0.4 is 19.1 Å². The number of carbonyl (C=O) groups excluding carboxylic acids is 2. The van der Waals surface area contributed by atoms with Gasteiger partial charge in [-0.2, -0.15) is 0 Å². The maximum absolute atomic E-state index is 14.2. The number of halogens is 1. The number of methoxy groups -OCH3 is 2. The van der Waals surface area contributed by atoms with Crippen LogP contribution in [0.15, 0.2) is 77.7 Å². The van der Waals surface area contributed by atoms with Crippen molar-refractivity contribution in [3.63, 3.8) is 0 Å². The highest BCUT2D eigenvalue weighted by atomic mass is 35.5. The average Bonchev–Trinajstić information content (AvgIpc) is 3.03. The first-order valence-corrected chi connectivity index (χ1v) is 16.1. The highest BCUT2D eigenvalue weighted by Gasteiger charge is 2.34. The molecule has 230 valence electrons. The van der Waals surface area contributed by atoms with Gasteiger partial charge in [0.1, 0.15) is 24.1 Å². The first-order valence-electron chi connectivity index (χ1n) is 14.3. The lowest BCUT2D eigenvalue weighted by atomic mass is 9.95. The van der Waals surface area contributed by atoms with E-state index in [-0.39, 0.29) is 34.8 Å². The van der Waals surface area contributed by atoms with Crippen molar-refractivity contribution in [2.45, 2.75) is 62.6 Å². The van der Waals surface area contributed by atoms with Crippen molar-refractivity contribution in [1.29, 1.82) is 0 Å². The Morgan fingerprint density at radius 2 is 1.63 bits per heavy atom. The van der Waals surface area contributed by atoms with Crippen LogP contribution in [0.25, 0.3) is 0 Å². The van der Waals surface area contributed by atoms with Crippen molar-refractivity contribution in [3.05, 3.63) is 83.4 Å². The normalized spacial score (nSPS) is 14.4. The van der Waals surface area contributed by atoms with Gasteiger partial charge in [0.15, 0.2) is 0 Å². The van der Waals surface area contributed by atoms with Crippen LogP contribution in [0.4, 0.5) is 5.69 Å². The Morgan fingerprint density at radius 1 is 0.953 bits per heavy atom. The smallest absolute Gasteiger partial charge is 0.264 e. The Labute approximate surface area is 258 Å². The summed E-state index contributed by atoms with van der Waals surface area (Å²) in [6, 6.07) is 18.7. The van der Waals surface area contributed by atoms with E-state index in [9.17, 15) is 18.0 Å². The number of sulfonamides is 1. The molecule has 0 aromatic heterocycles. The van der Waals surface area contributed by atoms with Gasteiger partial charge >= 0.3 is 0 Å². The molecule has 3 aromatic rings. The second-order valence-electron chi connectivity index (χ2n) is 10.5. The van der Waals surface area contributed by atoms with Crippen LogP contribution in [0.2, 0.25) is 5.02 Å². The summed E-state index contributed by atoms with van der Waals surface area (Å²) < 4.78 is 40.1. The van der Waals surface area contributed by atoms with Gasteiger partial charge in [-0.3, -0.25) is 13.9 Å². The molecule has 0 spiro atoms. The second kappa shape index (κ2) is 14.6. The molecule has 1 aliphatic rings. The van der Waals surface area contributed by atoms with Crippen molar-refractivity contribution in [2.24, 2.45) is 0 Å². The fourth-order valence-corrected chi connectivity index (χ4v) is 6.73. The number of benzene rings is 3. The van der Waals surface area contributed by atoms with Crippen LogP contribution in [0.5, 0.6) is 11.5 Å². The number of rotatable bonds is 12. The average molecular weight is 628 g/mol. The van der Waals surface area contributed by atoms with E-state index in [1.54, 1.807) is 61.5 Å². The van der Waals surface area contributed by atoms with E-state index >= 15 is 0 Å². The van der Waals surface area contributed by atoms with Gasteiger partial charge in [-0.25, -0.2) is 8.42 Å². The Balaban J connectivity index is 1.73. The van der Waals surface area contributed by atoms with E-state index in [4.69, 9.17) is 21.1 Å². The maximum atomic E-state index is 14.2. The lowest BCUT2D eigenvalue weighted by molar-refractivity contribution is -0.139. The van der Waals surface area contributed by atoms with E-state index in [0.717, 1.165) is 42.0 Å². The Bertz CT molecular complexity index is 1500. The molecule has 2 amide bonds. The molecule has 0 radical (unpaired) electrons. The van der Waals surface area contributed by atoms with Crippen LogP contribution in [-0.4, -0.2) is 58.0 Å². The van der Waals surface area contributed by atoms with Crippen molar-refractivity contribution >= 4 is 39.1 Å². The summed E-state index contributed by atoms with van der Waals surface area (Å²) in [6.45, 7) is 1.15. The monoisotopic (exact) mass is 627 g/mol. The summed E-state index contributed by atoms with van der Waals surface area (Å²) in [5.74, 6) is -0.230. The zero-order valence-corrected chi connectivity index (χ0v) is 26.2. The first-order chi connectivity index (χ1) is 20.6. The number of hydrogen-bond donors (Lipinski definition) is 1. The van der Waals surface area contributed by atoms with Crippen LogP contribution in [0.1, 0.15) is 44.6 Å². The van der Waals surface area contributed by atoms with Crippen LogP contribution in [0, 0.1) is 0 Å². The molecule has 0 aliphatic heterocycles. The second-order valence-corrected chi connectivity index (χ2v) is 12.8. The Kier molecular flexibility index (Phi) is 10.9. The van der Waals surface area contributed by atoms with Gasteiger partial charge in [-0.05, 0) is 61.7 Å². The van der Waals surface area contributed by atoms with Crippen molar-refractivity contribution in [2.75, 3.05) is 25.1 Å². The van der Waals surface area contributed by atoms with Crippen LogP contribution in [0.3, 0.4) is 0 Å². The summed E-state index contributed by atoms with van der Waals surface area (Å²) in [5.41, 5.74) is 0.872. The first kappa shape index (κ1) is 32.2. The molecular formula is C32H38ClN3O6S. The summed E-state index contributed by atoms with van der Waals surface area (Å²) in [6.07, 6.45) is 5.01. The van der Waals surface area contributed by atoms with Gasteiger partial charge in [-0.1, -0.05) is 61.2 Å². The van der Waals surface area contributed by atoms with Gasteiger partial charge in [0.05, 0.1) is 24.8 Å². The summed E-state index contributed by atoms with van der Waals surface area (Å²) in [5, 5.41) is 3.64. The molecule has 11 heteroatoms. The number of amides is 2. The molecule has 3 aromatic carbocycles. The minimum absolute atomic E-state index is 0.0000132. The molecule has 1 N–H and O–H groups in total. The molecule has 4 rings (SSSR count). The Hall–Kier alpha value is -3.76. The summed E-state index contributed by atoms with van der Waals surface area (Å²) in [7, 11) is -1.37. The topological polar surface area (TPSA) is 105 Å². The van der Waals surface area contributed by atoms with Crippen LogP contribution >= 0.6 is 11.6 Å².